The third-order valence-corrected chi connectivity index (χ3v) is 7.75. The second-order valence-corrected chi connectivity index (χ2v) is 10.7. The van der Waals surface area contributed by atoms with Crippen molar-refractivity contribution in [3.05, 3.63) is 29.1 Å². The molecule has 2 heterocycles. The molecule has 29 heavy (non-hydrogen) atoms. The first-order valence-corrected chi connectivity index (χ1v) is 12.1. The zero-order valence-electron chi connectivity index (χ0n) is 17.0. The van der Waals surface area contributed by atoms with Gasteiger partial charge in [0.05, 0.1) is 11.5 Å². The maximum atomic E-state index is 12.6. The molecule has 0 spiro atoms. The molecule has 1 aliphatic heterocycles. The highest BCUT2D eigenvalue weighted by molar-refractivity contribution is 7.91. The van der Waals surface area contributed by atoms with Gasteiger partial charge in [0, 0.05) is 35.6 Å². The summed E-state index contributed by atoms with van der Waals surface area (Å²) in [5, 5.41) is 0. The molecular formula is C21H28N2O5S. The molecule has 7 nitrogen and oxygen atoms in total. The van der Waals surface area contributed by atoms with E-state index in [-0.39, 0.29) is 36.1 Å². The summed E-state index contributed by atoms with van der Waals surface area (Å²) < 4.78 is 31.0. The van der Waals surface area contributed by atoms with Gasteiger partial charge in [-0.1, -0.05) is 0 Å². The van der Waals surface area contributed by atoms with Crippen molar-refractivity contribution in [2.45, 2.75) is 64.1 Å². The molecule has 158 valence electrons. The first kappa shape index (κ1) is 20.2. The van der Waals surface area contributed by atoms with Crippen LogP contribution in [0.25, 0.3) is 6.08 Å². The van der Waals surface area contributed by atoms with E-state index >= 15 is 0 Å². The van der Waals surface area contributed by atoms with Crippen molar-refractivity contribution in [1.29, 1.82) is 0 Å². The van der Waals surface area contributed by atoms with Crippen molar-refractivity contribution in [1.82, 2.24) is 9.47 Å². The maximum Gasteiger partial charge on any atom is 0.331 e. The fraction of sp³-hybridized carbons (Fsp3) is 0.619. The fourth-order valence-corrected chi connectivity index (χ4v) is 6.04. The van der Waals surface area contributed by atoms with Crippen LogP contribution in [0, 0.1) is 13.8 Å². The first-order chi connectivity index (χ1) is 13.7. The van der Waals surface area contributed by atoms with Gasteiger partial charge in [-0.3, -0.25) is 4.79 Å². The van der Waals surface area contributed by atoms with Crippen LogP contribution in [-0.4, -0.2) is 60.0 Å². The van der Waals surface area contributed by atoms with Crippen molar-refractivity contribution in [2.24, 2.45) is 0 Å². The third-order valence-electron chi connectivity index (χ3n) is 6.00. The molecule has 1 aromatic rings. The number of carbonyl (C=O) groups excluding carboxylic acids is 2. The van der Waals surface area contributed by atoms with Gasteiger partial charge in [-0.25, -0.2) is 13.2 Å². The van der Waals surface area contributed by atoms with Gasteiger partial charge in [-0.05, 0) is 63.7 Å². The number of carbonyl (C=O) groups is 2. The lowest BCUT2D eigenvalue weighted by atomic mass is 10.2. The molecule has 4 rings (SSSR count). The molecule has 2 aliphatic carbocycles. The number of aryl methyl sites for hydroxylation is 1. The number of aromatic nitrogens is 1. The van der Waals surface area contributed by atoms with Crippen molar-refractivity contribution >= 4 is 27.8 Å². The zero-order valence-corrected chi connectivity index (χ0v) is 17.8. The minimum atomic E-state index is -3.07. The van der Waals surface area contributed by atoms with E-state index in [9.17, 15) is 18.0 Å². The van der Waals surface area contributed by atoms with Crippen molar-refractivity contribution < 1.29 is 22.7 Å². The normalized spacial score (nSPS) is 23.4. The van der Waals surface area contributed by atoms with Gasteiger partial charge in [0.15, 0.2) is 16.4 Å². The standard InChI is InChI=1S/C21H28N2O5S/c1-14-11-16(15(2)22(14)17-4-5-17)3-8-21(25)28-12-20(24)23(18-6-7-18)19-9-10-29(26,27)13-19/h3,8,11,17-19H,4-7,9-10,12-13H2,1-2H3/b8-3+/t19-/m1/s1. The van der Waals surface area contributed by atoms with Crippen molar-refractivity contribution in [3.63, 3.8) is 0 Å². The van der Waals surface area contributed by atoms with Crippen molar-refractivity contribution in [2.75, 3.05) is 18.1 Å². The van der Waals surface area contributed by atoms with E-state index in [4.69, 9.17) is 4.74 Å². The first-order valence-electron chi connectivity index (χ1n) is 10.3. The summed E-state index contributed by atoms with van der Waals surface area (Å²) >= 11 is 0. The highest BCUT2D eigenvalue weighted by atomic mass is 32.2. The van der Waals surface area contributed by atoms with Crippen LogP contribution in [0.4, 0.5) is 0 Å². The van der Waals surface area contributed by atoms with Gasteiger partial charge in [0.1, 0.15) is 0 Å². The third kappa shape index (κ3) is 4.57. The molecule has 1 atom stereocenters. The largest absolute Gasteiger partial charge is 0.452 e. The van der Waals surface area contributed by atoms with Gasteiger partial charge in [-0.15, -0.1) is 0 Å². The second-order valence-electron chi connectivity index (χ2n) is 8.46. The Bertz CT molecular complexity index is 954. The van der Waals surface area contributed by atoms with Gasteiger partial charge >= 0.3 is 5.97 Å². The number of rotatable bonds is 7. The molecule has 0 bridgehead atoms. The van der Waals surface area contributed by atoms with Crippen LogP contribution in [0.3, 0.4) is 0 Å². The molecular weight excluding hydrogens is 392 g/mol. The Kier molecular flexibility index (Phi) is 5.31. The average molecular weight is 421 g/mol. The second kappa shape index (κ2) is 7.63. The SMILES string of the molecule is Cc1cc(/C=C/C(=O)OCC(=O)N(C2CC2)[C@@H]2CCS(=O)(=O)C2)c(C)n1C1CC1. The summed E-state index contributed by atoms with van der Waals surface area (Å²) in [6, 6.07) is 2.43. The topological polar surface area (TPSA) is 85.7 Å². The number of hydrogen-bond donors (Lipinski definition) is 0. The molecule has 0 N–H and O–H groups in total. The molecule has 0 aromatic carbocycles. The minimum absolute atomic E-state index is 0.0136. The Balaban J connectivity index is 1.33. The molecule has 0 radical (unpaired) electrons. The number of esters is 1. The Labute approximate surface area is 171 Å². The lowest BCUT2D eigenvalue weighted by molar-refractivity contribution is -0.149. The van der Waals surface area contributed by atoms with Crippen LogP contribution < -0.4 is 0 Å². The van der Waals surface area contributed by atoms with Gasteiger partial charge in [0.2, 0.25) is 0 Å². The van der Waals surface area contributed by atoms with E-state index in [1.165, 1.54) is 24.6 Å². The van der Waals surface area contributed by atoms with Crippen LogP contribution in [0.1, 0.15) is 55.1 Å². The van der Waals surface area contributed by atoms with Crippen molar-refractivity contribution in [3.8, 4) is 0 Å². The minimum Gasteiger partial charge on any atom is -0.452 e. The summed E-state index contributed by atoms with van der Waals surface area (Å²) in [4.78, 5) is 26.4. The van der Waals surface area contributed by atoms with E-state index in [1.807, 2.05) is 6.92 Å². The quantitative estimate of drug-likeness (QED) is 0.499. The van der Waals surface area contributed by atoms with Crippen LogP contribution in [0.15, 0.2) is 12.1 Å². The highest BCUT2D eigenvalue weighted by Gasteiger charge is 2.42. The van der Waals surface area contributed by atoms with E-state index < -0.39 is 15.8 Å². The Morgan fingerprint density at radius 1 is 1.17 bits per heavy atom. The Morgan fingerprint density at radius 3 is 2.48 bits per heavy atom. The molecule has 1 saturated heterocycles. The average Bonchev–Trinajstić information content (AvgIpc) is 3.57. The summed E-state index contributed by atoms with van der Waals surface area (Å²) in [7, 11) is -3.07. The lowest BCUT2D eigenvalue weighted by Crippen LogP contribution is -2.44. The molecule has 2 saturated carbocycles. The van der Waals surface area contributed by atoms with E-state index in [2.05, 4.69) is 17.6 Å². The van der Waals surface area contributed by atoms with Crippen LogP contribution >= 0.6 is 0 Å². The van der Waals surface area contributed by atoms with E-state index in [0.717, 1.165) is 24.1 Å². The van der Waals surface area contributed by atoms with E-state index in [0.29, 0.717) is 12.5 Å². The maximum absolute atomic E-state index is 12.6. The fourth-order valence-electron chi connectivity index (χ4n) is 4.33. The van der Waals surface area contributed by atoms with Gasteiger partial charge in [0.25, 0.3) is 5.91 Å². The zero-order chi connectivity index (χ0) is 20.8. The Hall–Kier alpha value is -2.09. The van der Waals surface area contributed by atoms with Gasteiger partial charge < -0.3 is 14.2 Å². The summed E-state index contributed by atoms with van der Waals surface area (Å²) in [6.45, 7) is 3.76. The number of amides is 1. The molecule has 1 aromatic heterocycles. The van der Waals surface area contributed by atoms with Crippen LogP contribution in [0.5, 0.6) is 0 Å². The molecule has 1 amide bonds. The molecule has 8 heteroatoms. The Morgan fingerprint density at radius 2 is 1.90 bits per heavy atom. The van der Waals surface area contributed by atoms with Crippen LogP contribution in [-0.2, 0) is 24.2 Å². The predicted molar refractivity (Wildman–Crippen MR) is 109 cm³/mol. The molecule has 3 aliphatic rings. The van der Waals surface area contributed by atoms with E-state index in [1.54, 1.807) is 11.0 Å². The summed E-state index contributed by atoms with van der Waals surface area (Å²) in [6.07, 6.45) is 7.71. The predicted octanol–water partition coefficient (Wildman–Crippen LogP) is 2.17. The number of sulfone groups is 1. The van der Waals surface area contributed by atoms with Crippen LogP contribution in [0.2, 0.25) is 0 Å². The summed E-state index contributed by atoms with van der Waals surface area (Å²) in [5.41, 5.74) is 3.29. The number of ether oxygens (including phenoxy) is 1. The summed E-state index contributed by atoms with van der Waals surface area (Å²) in [5.74, 6) is -0.733. The highest BCUT2D eigenvalue weighted by Crippen LogP contribution is 2.38. The van der Waals surface area contributed by atoms with Gasteiger partial charge in [-0.2, -0.15) is 0 Å². The number of nitrogens with zero attached hydrogens (tertiary/aromatic N) is 2. The molecule has 0 unspecified atom stereocenters. The monoisotopic (exact) mass is 420 g/mol. The molecule has 3 fully saturated rings. The lowest BCUT2D eigenvalue weighted by Gasteiger charge is -2.28. The smallest absolute Gasteiger partial charge is 0.331 e. The number of hydrogen-bond acceptors (Lipinski definition) is 5.